The van der Waals surface area contributed by atoms with Gasteiger partial charge in [-0.2, -0.15) is 8.78 Å². The molecule has 0 bridgehead atoms. The molecule has 1 aliphatic rings. The summed E-state index contributed by atoms with van der Waals surface area (Å²) in [6.45, 7) is -2.52. The fourth-order valence-electron chi connectivity index (χ4n) is 2.82. The van der Waals surface area contributed by atoms with E-state index in [1.54, 1.807) is 4.90 Å². The van der Waals surface area contributed by atoms with Gasteiger partial charge in [-0.1, -0.05) is 23.4 Å². The number of alkyl halides is 2. The number of nitrogens with zero attached hydrogens (tertiary/aromatic N) is 2. The minimum atomic E-state index is -2.94. The lowest BCUT2D eigenvalue weighted by Crippen LogP contribution is -2.31. The second-order valence-electron chi connectivity index (χ2n) is 5.72. The van der Waals surface area contributed by atoms with E-state index in [1.165, 1.54) is 31.5 Å². The number of methoxy groups -OCH3 is 1. The number of hydrogen-bond acceptors (Lipinski definition) is 5. The zero-order chi connectivity index (χ0) is 19.2. The molecule has 3 rings (SSSR count). The van der Waals surface area contributed by atoms with Crippen LogP contribution >= 0.6 is 0 Å². The highest BCUT2D eigenvalue weighted by Crippen LogP contribution is 2.29. The first-order valence-electron chi connectivity index (χ1n) is 8.25. The van der Waals surface area contributed by atoms with Crippen LogP contribution in [0.1, 0.15) is 11.1 Å². The number of rotatable bonds is 7. The highest BCUT2D eigenvalue weighted by atomic mass is 19.3. The number of anilines is 1. The number of carbonyl (C=O) groups excluding carboxylic acids is 1. The van der Waals surface area contributed by atoms with E-state index in [1.807, 2.05) is 24.3 Å². The number of ether oxygens (including phenoxy) is 2. The van der Waals surface area contributed by atoms with Gasteiger partial charge in [0.15, 0.2) is 18.1 Å². The summed E-state index contributed by atoms with van der Waals surface area (Å²) in [7, 11) is 1.34. The zero-order valence-electron chi connectivity index (χ0n) is 14.6. The van der Waals surface area contributed by atoms with E-state index >= 15 is 0 Å². The second kappa shape index (κ2) is 8.48. The largest absolute Gasteiger partial charge is 0.493 e. The first-order valence-corrected chi connectivity index (χ1v) is 8.25. The molecule has 0 saturated heterocycles. The molecule has 0 aromatic heterocycles. The monoisotopic (exact) mass is 376 g/mol. The van der Waals surface area contributed by atoms with Gasteiger partial charge < -0.3 is 19.2 Å². The Labute approximate surface area is 154 Å². The van der Waals surface area contributed by atoms with Crippen molar-refractivity contribution in [3.8, 4) is 11.5 Å². The van der Waals surface area contributed by atoms with E-state index < -0.39 is 6.61 Å². The van der Waals surface area contributed by atoms with Gasteiger partial charge >= 0.3 is 6.61 Å². The SMILES string of the molecule is COc1cc(/C=N/OCC(=O)N2CCc3ccccc32)ccc1OC(F)F. The molecule has 0 aliphatic carbocycles. The van der Waals surface area contributed by atoms with Crippen LogP contribution in [0.25, 0.3) is 0 Å². The Balaban J connectivity index is 1.56. The number of fused-ring (bicyclic) bond motifs is 1. The highest BCUT2D eigenvalue weighted by molar-refractivity contribution is 5.96. The summed E-state index contributed by atoms with van der Waals surface area (Å²) in [5, 5.41) is 3.76. The fourth-order valence-corrected chi connectivity index (χ4v) is 2.82. The van der Waals surface area contributed by atoms with Crippen molar-refractivity contribution in [2.45, 2.75) is 13.0 Å². The van der Waals surface area contributed by atoms with E-state index in [9.17, 15) is 13.6 Å². The summed E-state index contributed by atoms with van der Waals surface area (Å²) in [6, 6.07) is 12.1. The number of para-hydroxylation sites is 1. The van der Waals surface area contributed by atoms with Crippen LogP contribution in [0, 0.1) is 0 Å². The maximum Gasteiger partial charge on any atom is 0.387 e. The van der Waals surface area contributed by atoms with Crippen molar-refractivity contribution < 1.29 is 27.9 Å². The summed E-state index contributed by atoms with van der Waals surface area (Å²) in [6.07, 6.45) is 2.18. The van der Waals surface area contributed by atoms with Crippen molar-refractivity contribution in [3.05, 3.63) is 53.6 Å². The third kappa shape index (κ3) is 4.52. The Bertz CT molecular complexity index is 842. The van der Waals surface area contributed by atoms with Crippen molar-refractivity contribution in [2.24, 2.45) is 5.16 Å². The molecule has 0 fully saturated rings. The van der Waals surface area contributed by atoms with E-state index in [4.69, 9.17) is 9.57 Å². The molecule has 0 N–H and O–H groups in total. The smallest absolute Gasteiger partial charge is 0.387 e. The number of amides is 1. The third-order valence-electron chi connectivity index (χ3n) is 4.06. The molecule has 2 aromatic carbocycles. The van der Waals surface area contributed by atoms with Crippen LogP contribution in [0.15, 0.2) is 47.6 Å². The van der Waals surface area contributed by atoms with Crippen molar-refractivity contribution in [2.75, 3.05) is 25.2 Å². The minimum absolute atomic E-state index is 0.0755. The Morgan fingerprint density at radius 1 is 1.26 bits per heavy atom. The molecular formula is C19H18F2N2O4. The summed E-state index contributed by atoms with van der Waals surface area (Å²) >= 11 is 0. The first-order chi connectivity index (χ1) is 13.1. The number of halogens is 2. The molecule has 0 spiro atoms. The van der Waals surface area contributed by atoms with E-state index in [0.29, 0.717) is 12.1 Å². The van der Waals surface area contributed by atoms with Crippen LogP contribution in [0.3, 0.4) is 0 Å². The fraction of sp³-hybridized carbons (Fsp3) is 0.263. The molecule has 2 aromatic rings. The van der Waals surface area contributed by atoms with Crippen molar-refractivity contribution in [1.29, 1.82) is 0 Å². The number of benzene rings is 2. The molecule has 142 valence electrons. The molecule has 0 unspecified atom stereocenters. The van der Waals surface area contributed by atoms with Crippen LogP contribution in [-0.2, 0) is 16.1 Å². The molecule has 0 radical (unpaired) electrons. The normalized spacial score (nSPS) is 13.1. The standard InChI is InChI=1S/C19H18F2N2O4/c1-25-17-10-13(6-7-16(17)27-19(20)21)11-22-26-12-18(24)23-9-8-14-4-2-3-5-15(14)23/h2-7,10-11,19H,8-9,12H2,1H3/b22-11+. The second-order valence-corrected chi connectivity index (χ2v) is 5.72. The van der Waals surface area contributed by atoms with Crippen LogP contribution in [0.5, 0.6) is 11.5 Å². The van der Waals surface area contributed by atoms with Gasteiger partial charge in [0, 0.05) is 17.8 Å². The predicted octanol–water partition coefficient (Wildman–Crippen LogP) is 3.24. The summed E-state index contributed by atoms with van der Waals surface area (Å²) in [5.74, 6) is -0.118. The Morgan fingerprint density at radius 3 is 2.85 bits per heavy atom. The summed E-state index contributed by atoms with van der Waals surface area (Å²) < 4.78 is 34.0. The number of oxime groups is 1. The predicted molar refractivity (Wildman–Crippen MR) is 95.7 cm³/mol. The number of hydrogen-bond donors (Lipinski definition) is 0. The summed E-state index contributed by atoms with van der Waals surface area (Å²) in [5.41, 5.74) is 2.58. The third-order valence-corrected chi connectivity index (χ3v) is 4.06. The Kier molecular flexibility index (Phi) is 5.85. The lowest BCUT2D eigenvalue weighted by Gasteiger charge is -2.16. The molecule has 1 aliphatic heterocycles. The van der Waals surface area contributed by atoms with Gasteiger partial charge in [0.25, 0.3) is 5.91 Å². The van der Waals surface area contributed by atoms with Gasteiger partial charge in [-0.25, -0.2) is 0 Å². The maximum atomic E-state index is 12.3. The van der Waals surface area contributed by atoms with E-state index in [0.717, 1.165) is 17.7 Å². The molecule has 0 atom stereocenters. The van der Waals surface area contributed by atoms with Crippen LogP contribution in [-0.4, -0.2) is 39.0 Å². The Hall–Kier alpha value is -3.16. The van der Waals surface area contributed by atoms with Gasteiger partial charge in [-0.05, 0) is 36.2 Å². The maximum absolute atomic E-state index is 12.3. The Morgan fingerprint density at radius 2 is 2.07 bits per heavy atom. The highest BCUT2D eigenvalue weighted by Gasteiger charge is 2.24. The number of carbonyl (C=O) groups is 1. The molecule has 6 nitrogen and oxygen atoms in total. The van der Waals surface area contributed by atoms with Gasteiger partial charge in [-0.15, -0.1) is 0 Å². The quantitative estimate of drug-likeness (QED) is 0.550. The molecule has 8 heteroatoms. The van der Waals surface area contributed by atoms with Crippen LogP contribution < -0.4 is 14.4 Å². The lowest BCUT2D eigenvalue weighted by molar-refractivity contribution is -0.122. The minimum Gasteiger partial charge on any atom is -0.493 e. The van der Waals surface area contributed by atoms with Crippen molar-refractivity contribution >= 4 is 17.8 Å². The van der Waals surface area contributed by atoms with Crippen LogP contribution in [0.4, 0.5) is 14.5 Å². The lowest BCUT2D eigenvalue weighted by atomic mass is 10.2. The zero-order valence-corrected chi connectivity index (χ0v) is 14.6. The molecular weight excluding hydrogens is 358 g/mol. The average Bonchev–Trinajstić information content (AvgIpc) is 3.10. The molecule has 1 heterocycles. The molecule has 27 heavy (non-hydrogen) atoms. The van der Waals surface area contributed by atoms with Gasteiger partial charge in [0.2, 0.25) is 0 Å². The average molecular weight is 376 g/mol. The topological polar surface area (TPSA) is 60.4 Å². The van der Waals surface area contributed by atoms with Crippen LogP contribution in [0.2, 0.25) is 0 Å². The van der Waals surface area contributed by atoms with E-state index in [2.05, 4.69) is 9.89 Å². The van der Waals surface area contributed by atoms with Crippen molar-refractivity contribution in [1.82, 2.24) is 0 Å². The molecule has 0 saturated carbocycles. The van der Waals surface area contributed by atoms with Gasteiger partial charge in [0.1, 0.15) is 0 Å². The van der Waals surface area contributed by atoms with E-state index in [-0.39, 0.29) is 24.0 Å². The van der Waals surface area contributed by atoms with Gasteiger partial charge in [0.05, 0.1) is 13.3 Å². The molecule has 1 amide bonds. The first kappa shape index (κ1) is 18.6. The summed E-state index contributed by atoms with van der Waals surface area (Å²) in [4.78, 5) is 19.0. The van der Waals surface area contributed by atoms with Crippen molar-refractivity contribution in [3.63, 3.8) is 0 Å². The van der Waals surface area contributed by atoms with Gasteiger partial charge in [-0.3, -0.25) is 4.79 Å².